The minimum Gasteiger partial charge on any atom is -0.323 e. The van der Waals surface area contributed by atoms with Gasteiger partial charge in [0.05, 0.1) is 11.4 Å². The highest BCUT2D eigenvalue weighted by Gasteiger charge is 2.16. The summed E-state index contributed by atoms with van der Waals surface area (Å²) in [6, 6.07) is 11.4. The predicted octanol–water partition coefficient (Wildman–Crippen LogP) is 4.54. The third-order valence-electron chi connectivity index (χ3n) is 3.04. The Kier molecular flexibility index (Phi) is 5.49. The highest BCUT2D eigenvalue weighted by Crippen LogP contribution is 2.28. The Morgan fingerprint density at radius 3 is 2.45 bits per heavy atom. The molecule has 0 fully saturated rings. The quantitative estimate of drug-likeness (QED) is 0.818. The van der Waals surface area contributed by atoms with Gasteiger partial charge in [0.1, 0.15) is 0 Å². The number of amides is 1. The summed E-state index contributed by atoms with van der Waals surface area (Å²) < 4.78 is 39.3. The normalized spacial score (nSPS) is 12.0. The van der Waals surface area contributed by atoms with E-state index in [4.69, 9.17) is 0 Å². The topological polar surface area (TPSA) is 29.1 Å². The zero-order chi connectivity index (χ0) is 16.1. The average Bonchev–Trinajstić information content (AvgIpc) is 2.54. The molecule has 0 unspecified atom stereocenters. The monoisotopic (exact) mass is 325 g/mol. The van der Waals surface area contributed by atoms with E-state index in [1.54, 1.807) is 0 Å². The molecule has 2 aromatic carbocycles. The number of thioether (sulfide) groups is 1. The molecule has 2 aromatic rings. The Bertz CT molecular complexity index is 664. The highest BCUT2D eigenvalue weighted by molar-refractivity contribution is 8.00. The van der Waals surface area contributed by atoms with Gasteiger partial charge < -0.3 is 5.32 Å². The van der Waals surface area contributed by atoms with Crippen LogP contribution < -0.4 is 5.32 Å². The maximum atomic E-state index is 13.5. The molecule has 1 atom stereocenters. The Hall–Kier alpha value is -1.95. The lowest BCUT2D eigenvalue weighted by atomic mass is 10.2. The fraction of sp³-hybridized carbons (Fsp3) is 0.188. The SMILES string of the molecule is C[C@@H](SCC(=O)Nc1ccc(F)c(F)c1F)c1ccccc1. The van der Waals surface area contributed by atoms with Crippen molar-refractivity contribution in [3.8, 4) is 0 Å². The first-order valence-corrected chi connectivity index (χ1v) is 7.64. The second-order valence-electron chi connectivity index (χ2n) is 4.64. The summed E-state index contributed by atoms with van der Waals surface area (Å²) in [6.07, 6.45) is 0. The second-order valence-corrected chi connectivity index (χ2v) is 5.96. The van der Waals surface area contributed by atoms with Crippen LogP contribution in [0.2, 0.25) is 0 Å². The lowest BCUT2D eigenvalue weighted by Crippen LogP contribution is -2.16. The first-order chi connectivity index (χ1) is 10.5. The number of rotatable bonds is 5. The van der Waals surface area contributed by atoms with Crippen molar-refractivity contribution in [2.24, 2.45) is 0 Å². The van der Waals surface area contributed by atoms with E-state index in [1.807, 2.05) is 37.3 Å². The van der Waals surface area contributed by atoms with Gasteiger partial charge in [0.15, 0.2) is 17.5 Å². The van der Waals surface area contributed by atoms with Crippen LogP contribution in [0.4, 0.5) is 18.9 Å². The van der Waals surface area contributed by atoms with E-state index in [2.05, 4.69) is 5.32 Å². The van der Waals surface area contributed by atoms with Gasteiger partial charge in [-0.15, -0.1) is 11.8 Å². The van der Waals surface area contributed by atoms with Crippen LogP contribution in [0.15, 0.2) is 42.5 Å². The van der Waals surface area contributed by atoms with Gasteiger partial charge in [-0.05, 0) is 24.6 Å². The molecule has 1 N–H and O–H groups in total. The van der Waals surface area contributed by atoms with Gasteiger partial charge in [-0.2, -0.15) is 0 Å². The fourth-order valence-corrected chi connectivity index (χ4v) is 2.65. The smallest absolute Gasteiger partial charge is 0.234 e. The molecule has 1 amide bonds. The third-order valence-corrected chi connectivity index (χ3v) is 4.24. The summed E-state index contributed by atoms with van der Waals surface area (Å²) in [4.78, 5) is 11.8. The van der Waals surface area contributed by atoms with Crippen molar-refractivity contribution >= 4 is 23.4 Å². The molecule has 0 aromatic heterocycles. The maximum Gasteiger partial charge on any atom is 0.234 e. The number of halogens is 3. The molecule has 0 aliphatic carbocycles. The molecule has 116 valence electrons. The van der Waals surface area contributed by atoms with Gasteiger partial charge >= 0.3 is 0 Å². The minimum absolute atomic E-state index is 0.0779. The van der Waals surface area contributed by atoms with Crippen LogP contribution in [0.25, 0.3) is 0 Å². The molecule has 0 heterocycles. The second kappa shape index (κ2) is 7.35. The van der Waals surface area contributed by atoms with Crippen molar-refractivity contribution < 1.29 is 18.0 Å². The van der Waals surface area contributed by atoms with Crippen molar-refractivity contribution in [3.05, 3.63) is 65.5 Å². The zero-order valence-corrected chi connectivity index (χ0v) is 12.6. The van der Waals surface area contributed by atoms with Crippen LogP contribution in [0.5, 0.6) is 0 Å². The molecular weight excluding hydrogens is 311 g/mol. The summed E-state index contributed by atoms with van der Waals surface area (Å²) in [5.41, 5.74) is 0.705. The number of carbonyl (C=O) groups excluding carboxylic acids is 1. The number of anilines is 1. The summed E-state index contributed by atoms with van der Waals surface area (Å²) in [6.45, 7) is 1.95. The molecule has 0 saturated heterocycles. The first kappa shape index (κ1) is 16.4. The zero-order valence-electron chi connectivity index (χ0n) is 11.8. The molecule has 0 spiro atoms. The molecule has 0 saturated carbocycles. The number of hydrogen-bond acceptors (Lipinski definition) is 2. The van der Waals surface area contributed by atoms with Crippen LogP contribution in [-0.4, -0.2) is 11.7 Å². The van der Waals surface area contributed by atoms with Crippen LogP contribution in [0, 0.1) is 17.5 Å². The molecule has 0 aliphatic rings. The van der Waals surface area contributed by atoms with E-state index in [1.165, 1.54) is 11.8 Å². The van der Waals surface area contributed by atoms with E-state index in [-0.39, 0.29) is 16.7 Å². The molecule has 6 heteroatoms. The Morgan fingerprint density at radius 1 is 1.09 bits per heavy atom. The van der Waals surface area contributed by atoms with Crippen molar-refractivity contribution in [2.75, 3.05) is 11.1 Å². The molecular formula is C16H14F3NOS. The summed E-state index contributed by atoms with van der Waals surface area (Å²) in [5, 5.41) is 2.33. The van der Waals surface area contributed by atoms with E-state index in [0.29, 0.717) is 0 Å². The fourth-order valence-electron chi connectivity index (χ4n) is 1.83. The van der Waals surface area contributed by atoms with Gasteiger partial charge in [0, 0.05) is 5.25 Å². The number of hydrogen-bond donors (Lipinski definition) is 1. The van der Waals surface area contributed by atoms with E-state index < -0.39 is 23.4 Å². The van der Waals surface area contributed by atoms with Crippen molar-refractivity contribution in [1.29, 1.82) is 0 Å². The third kappa shape index (κ3) is 4.04. The van der Waals surface area contributed by atoms with Gasteiger partial charge in [-0.3, -0.25) is 4.79 Å². The van der Waals surface area contributed by atoms with E-state index in [9.17, 15) is 18.0 Å². The standard InChI is InChI=1S/C16H14F3NOS/c1-10(11-5-3-2-4-6-11)22-9-14(21)20-13-8-7-12(17)15(18)16(13)19/h2-8,10H,9H2,1H3,(H,20,21)/t10-/m1/s1. The van der Waals surface area contributed by atoms with Gasteiger partial charge in [0.2, 0.25) is 5.91 Å². The van der Waals surface area contributed by atoms with Crippen LogP contribution in [0.3, 0.4) is 0 Å². The lowest BCUT2D eigenvalue weighted by Gasteiger charge is -2.12. The van der Waals surface area contributed by atoms with E-state index >= 15 is 0 Å². The minimum atomic E-state index is -1.59. The highest BCUT2D eigenvalue weighted by atomic mass is 32.2. The Morgan fingerprint density at radius 2 is 1.77 bits per heavy atom. The predicted molar refractivity (Wildman–Crippen MR) is 82.3 cm³/mol. The maximum absolute atomic E-state index is 13.5. The van der Waals surface area contributed by atoms with Gasteiger partial charge in [-0.1, -0.05) is 30.3 Å². The number of nitrogens with one attached hydrogen (secondary N) is 1. The largest absolute Gasteiger partial charge is 0.323 e. The van der Waals surface area contributed by atoms with Gasteiger partial charge in [-0.25, -0.2) is 13.2 Å². The van der Waals surface area contributed by atoms with Crippen molar-refractivity contribution in [1.82, 2.24) is 0 Å². The van der Waals surface area contributed by atoms with Crippen LogP contribution in [0.1, 0.15) is 17.7 Å². The molecule has 2 nitrogen and oxygen atoms in total. The molecule has 22 heavy (non-hydrogen) atoms. The number of carbonyl (C=O) groups is 1. The molecule has 0 aliphatic heterocycles. The summed E-state index contributed by atoms with van der Waals surface area (Å²) in [5.74, 6) is -4.67. The Balaban J connectivity index is 1.92. The summed E-state index contributed by atoms with van der Waals surface area (Å²) >= 11 is 1.37. The van der Waals surface area contributed by atoms with Crippen LogP contribution in [-0.2, 0) is 4.79 Å². The molecule has 0 bridgehead atoms. The van der Waals surface area contributed by atoms with Gasteiger partial charge in [0.25, 0.3) is 0 Å². The van der Waals surface area contributed by atoms with Crippen LogP contribution >= 0.6 is 11.8 Å². The Labute approximate surface area is 130 Å². The van der Waals surface area contributed by atoms with E-state index in [0.717, 1.165) is 17.7 Å². The summed E-state index contributed by atoms with van der Waals surface area (Å²) in [7, 11) is 0. The molecule has 0 radical (unpaired) electrons. The molecule has 2 rings (SSSR count). The van der Waals surface area contributed by atoms with Crippen molar-refractivity contribution in [3.63, 3.8) is 0 Å². The number of benzene rings is 2. The average molecular weight is 325 g/mol. The lowest BCUT2D eigenvalue weighted by molar-refractivity contribution is -0.113. The van der Waals surface area contributed by atoms with Crippen molar-refractivity contribution in [2.45, 2.75) is 12.2 Å². The first-order valence-electron chi connectivity index (χ1n) is 6.59.